The highest BCUT2D eigenvalue weighted by Gasteiger charge is 2.17. The zero-order chi connectivity index (χ0) is 21.1. The highest BCUT2D eigenvalue weighted by atomic mass is 16.6. The summed E-state index contributed by atoms with van der Waals surface area (Å²) in [5.74, 6) is 0.811. The van der Waals surface area contributed by atoms with E-state index in [1.807, 2.05) is 31.2 Å². The SMILES string of the molecule is Cc1ccc2cc(C=C(C#N)c3ccc([N+](=O)[O-])cc3)c(N3CCOCC3)nc2c1. The van der Waals surface area contributed by atoms with Crippen LogP contribution in [-0.2, 0) is 4.74 Å². The van der Waals surface area contributed by atoms with Crippen LogP contribution in [0.1, 0.15) is 16.7 Å². The topological polar surface area (TPSA) is 92.3 Å². The number of non-ortho nitro benzene ring substituents is 1. The van der Waals surface area contributed by atoms with E-state index in [0.29, 0.717) is 24.4 Å². The first-order chi connectivity index (χ1) is 14.5. The summed E-state index contributed by atoms with van der Waals surface area (Å²) in [6.45, 7) is 4.75. The number of nitriles is 1. The maximum atomic E-state index is 10.9. The van der Waals surface area contributed by atoms with Gasteiger partial charge in [0.05, 0.1) is 35.3 Å². The number of nitro groups is 1. The second-order valence-electron chi connectivity index (χ2n) is 7.17. The van der Waals surface area contributed by atoms with Crippen LogP contribution in [0.4, 0.5) is 11.5 Å². The number of pyridine rings is 1. The van der Waals surface area contributed by atoms with E-state index >= 15 is 0 Å². The van der Waals surface area contributed by atoms with Crippen LogP contribution in [0.15, 0.2) is 48.5 Å². The number of ether oxygens (including phenoxy) is 1. The smallest absolute Gasteiger partial charge is 0.269 e. The lowest BCUT2D eigenvalue weighted by atomic mass is 10.0. The van der Waals surface area contributed by atoms with Crippen molar-refractivity contribution in [3.05, 3.63) is 75.3 Å². The van der Waals surface area contributed by atoms with Crippen LogP contribution in [-0.4, -0.2) is 36.2 Å². The minimum atomic E-state index is -0.453. The molecule has 7 nitrogen and oxygen atoms in total. The number of nitrogens with zero attached hydrogens (tertiary/aromatic N) is 4. The highest BCUT2D eigenvalue weighted by Crippen LogP contribution is 2.29. The van der Waals surface area contributed by atoms with E-state index in [0.717, 1.165) is 40.9 Å². The predicted molar refractivity (Wildman–Crippen MR) is 116 cm³/mol. The molecular weight excluding hydrogens is 380 g/mol. The van der Waals surface area contributed by atoms with Gasteiger partial charge in [-0.3, -0.25) is 10.1 Å². The molecule has 0 unspecified atom stereocenters. The molecule has 1 aliphatic rings. The summed E-state index contributed by atoms with van der Waals surface area (Å²) in [7, 11) is 0. The van der Waals surface area contributed by atoms with Crippen LogP contribution in [0.25, 0.3) is 22.6 Å². The van der Waals surface area contributed by atoms with Crippen LogP contribution in [0, 0.1) is 28.4 Å². The van der Waals surface area contributed by atoms with Gasteiger partial charge in [0.2, 0.25) is 0 Å². The minimum Gasteiger partial charge on any atom is -0.378 e. The second-order valence-corrected chi connectivity index (χ2v) is 7.17. The normalized spacial score (nSPS) is 14.5. The van der Waals surface area contributed by atoms with Crippen molar-refractivity contribution in [3.63, 3.8) is 0 Å². The van der Waals surface area contributed by atoms with Crippen LogP contribution in [0.5, 0.6) is 0 Å². The van der Waals surface area contributed by atoms with Gasteiger partial charge in [0.15, 0.2) is 0 Å². The fourth-order valence-corrected chi connectivity index (χ4v) is 3.52. The summed E-state index contributed by atoms with van der Waals surface area (Å²) in [5, 5.41) is 21.7. The molecule has 3 aromatic rings. The number of aryl methyl sites for hydroxylation is 1. The Hall–Kier alpha value is -3.76. The average molecular weight is 400 g/mol. The second kappa shape index (κ2) is 8.31. The number of hydrogen-bond donors (Lipinski definition) is 0. The first-order valence-corrected chi connectivity index (χ1v) is 9.66. The Balaban J connectivity index is 1.83. The molecule has 0 spiro atoms. The molecule has 0 radical (unpaired) electrons. The summed E-state index contributed by atoms with van der Waals surface area (Å²) in [6, 6.07) is 16.4. The van der Waals surface area contributed by atoms with Crippen molar-refractivity contribution in [1.29, 1.82) is 5.26 Å². The summed E-state index contributed by atoms with van der Waals surface area (Å²) in [4.78, 5) is 17.5. The van der Waals surface area contributed by atoms with Gasteiger partial charge in [-0.2, -0.15) is 5.26 Å². The molecule has 0 aliphatic carbocycles. The lowest BCUT2D eigenvalue weighted by Gasteiger charge is -2.29. The van der Waals surface area contributed by atoms with Crippen LogP contribution in [0.2, 0.25) is 0 Å². The summed E-state index contributed by atoms with van der Waals surface area (Å²) in [6.07, 6.45) is 1.80. The Kier molecular flexibility index (Phi) is 5.42. The number of anilines is 1. The number of fused-ring (bicyclic) bond motifs is 1. The molecule has 2 aromatic carbocycles. The molecule has 30 heavy (non-hydrogen) atoms. The van der Waals surface area contributed by atoms with Gasteiger partial charge in [0, 0.05) is 36.2 Å². The minimum absolute atomic E-state index is 0.00668. The van der Waals surface area contributed by atoms with E-state index < -0.39 is 4.92 Å². The number of nitro benzene ring substituents is 1. The first kappa shape index (κ1) is 19.6. The molecule has 4 rings (SSSR count). The van der Waals surface area contributed by atoms with Gasteiger partial charge < -0.3 is 9.64 Å². The van der Waals surface area contributed by atoms with Crippen molar-refractivity contribution in [2.45, 2.75) is 6.92 Å². The van der Waals surface area contributed by atoms with E-state index in [2.05, 4.69) is 11.0 Å². The van der Waals surface area contributed by atoms with Crippen molar-refractivity contribution in [3.8, 4) is 6.07 Å². The summed E-state index contributed by atoms with van der Waals surface area (Å²) in [5.41, 5.74) is 3.92. The lowest BCUT2D eigenvalue weighted by Crippen LogP contribution is -2.37. The predicted octanol–water partition coefficient (Wildman–Crippen LogP) is 4.35. The summed E-state index contributed by atoms with van der Waals surface area (Å²) >= 11 is 0. The van der Waals surface area contributed by atoms with E-state index in [4.69, 9.17) is 9.72 Å². The number of aromatic nitrogens is 1. The Labute approximate surface area is 174 Å². The largest absolute Gasteiger partial charge is 0.378 e. The molecule has 0 amide bonds. The van der Waals surface area contributed by atoms with Crippen molar-refractivity contribution in [2.75, 3.05) is 31.2 Å². The average Bonchev–Trinajstić information content (AvgIpc) is 2.77. The van der Waals surface area contributed by atoms with Crippen LogP contribution in [0.3, 0.4) is 0 Å². The van der Waals surface area contributed by atoms with E-state index in [1.165, 1.54) is 12.1 Å². The quantitative estimate of drug-likeness (QED) is 0.367. The van der Waals surface area contributed by atoms with Crippen molar-refractivity contribution in [1.82, 2.24) is 4.98 Å². The van der Waals surface area contributed by atoms with Gasteiger partial charge in [0.1, 0.15) is 5.82 Å². The maximum Gasteiger partial charge on any atom is 0.269 e. The molecule has 0 N–H and O–H groups in total. The fourth-order valence-electron chi connectivity index (χ4n) is 3.52. The van der Waals surface area contributed by atoms with Crippen molar-refractivity contribution >= 4 is 34.1 Å². The molecular formula is C23H20N4O3. The fraction of sp³-hybridized carbons (Fsp3) is 0.217. The zero-order valence-corrected chi connectivity index (χ0v) is 16.5. The first-order valence-electron chi connectivity index (χ1n) is 9.66. The lowest BCUT2D eigenvalue weighted by molar-refractivity contribution is -0.384. The summed E-state index contributed by atoms with van der Waals surface area (Å²) < 4.78 is 5.48. The third-order valence-electron chi connectivity index (χ3n) is 5.10. The van der Waals surface area contributed by atoms with Gasteiger partial charge in [-0.05, 0) is 48.4 Å². The zero-order valence-electron chi connectivity index (χ0n) is 16.5. The molecule has 1 aliphatic heterocycles. The monoisotopic (exact) mass is 400 g/mol. The molecule has 7 heteroatoms. The molecule has 1 fully saturated rings. The maximum absolute atomic E-state index is 10.9. The molecule has 1 aromatic heterocycles. The standard InChI is InChI=1S/C23H20N4O3/c1-16-2-3-18-13-19(23(25-22(18)12-16)26-8-10-30-11-9-26)14-20(15-24)17-4-6-21(7-5-17)27(28)29/h2-7,12-14H,8-11H2,1H3. The molecule has 1 saturated heterocycles. The molecule has 0 saturated carbocycles. The van der Waals surface area contributed by atoms with Crippen LogP contribution < -0.4 is 4.90 Å². The molecule has 0 bridgehead atoms. The molecule has 0 atom stereocenters. The Bertz CT molecular complexity index is 1170. The number of rotatable bonds is 4. The number of benzene rings is 2. The third kappa shape index (κ3) is 4.00. The highest BCUT2D eigenvalue weighted by molar-refractivity contribution is 5.94. The third-order valence-corrected chi connectivity index (χ3v) is 5.10. The number of morpholine rings is 1. The van der Waals surface area contributed by atoms with Gasteiger partial charge in [0.25, 0.3) is 5.69 Å². The Morgan fingerprint density at radius 1 is 1.20 bits per heavy atom. The van der Waals surface area contributed by atoms with E-state index in [1.54, 1.807) is 18.2 Å². The Morgan fingerprint density at radius 2 is 1.93 bits per heavy atom. The molecule has 150 valence electrons. The van der Waals surface area contributed by atoms with Crippen molar-refractivity contribution < 1.29 is 9.66 Å². The van der Waals surface area contributed by atoms with E-state index in [-0.39, 0.29) is 5.69 Å². The van der Waals surface area contributed by atoms with Gasteiger partial charge in [-0.15, -0.1) is 0 Å². The van der Waals surface area contributed by atoms with Gasteiger partial charge in [-0.25, -0.2) is 4.98 Å². The number of hydrogen-bond acceptors (Lipinski definition) is 6. The Morgan fingerprint density at radius 3 is 2.60 bits per heavy atom. The van der Waals surface area contributed by atoms with E-state index in [9.17, 15) is 15.4 Å². The molecule has 2 heterocycles. The number of allylic oxidation sites excluding steroid dienone is 1. The van der Waals surface area contributed by atoms with Crippen molar-refractivity contribution in [2.24, 2.45) is 0 Å². The van der Waals surface area contributed by atoms with Gasteiger partial charge in [-0.1, -0.05) is 12.1 Å². The van der Waals surface area contributed by atoms with Gasteiger partial charge >= 0.3 is 0 Å². The van der Waals surface area contributed by atoms with Crippen LogP contribution >= 0.6 is 0 Å².